The van der Waals surface area contributed by atoms with Crippen LogP contribution >= 0.6 is 0 Å². The minimum Gasteiger partial charge on any atom is -0.364 e. The fourth-order valence-corrected chi connectivity index (χ4v) is 2.73. The Hall–Kier alpha value is -3.92. The predicted octanol–water partition coefficient (Wildman–Crippen LogP) is 2.08. The van der Waals surface area contributed by atoms with Crippen molar-refractivity contribution in [2.45, 2.75) is 6.54 Å². The molecule has 0 bridgehead atoms. The lowest BCUT2D eigenvalue weighted by Gasteiger charge is -2.06. The van der Waals surface area contributed by atoms with Gasteiger partial charge in [-0.05, 0) is 18.2 Å². The van der Waals surface area contributed by atoms with Crippen molar-refractivity contribution in [2.24, 2.45) is 5.73 Å². The van der Waals surface area contributed by atoms with Gasteiger partial charge in [-0.3, -0.25) is 9.48 Å². The standard InChI is InChI=1S/C19H16FN7O2/c20-13-4-2-1-3-12(13)11-27-16(14-6-8-29-26-14)9-15(25-27)19-22-7-5-17(24-19)23-18(28)10-21/h1-9H,10-11,21H2,(H,22,23,24,28). The average Bonchev–Trinajstić information content (AvgIpc) is 3.40. The lowest BCUT2D eigenvalue weighted by atomic mass is 10.2. The number of carbonyl (C=O) groups excluding carboxylic acids is 1. The molecule has 0 atom stereocenters. The molecule has 0 saturated carbocycles. The Balaban J connectivity index is 1.73. The van der Waals surface area contributed by atoms with E-state index in [-0.39, 0.29) is 30.6 Å². The summed E-state index contributed by atoms with van der Waals surface area (Å²) in [5, 5.41) is 11.0. The third-order valence-electron chi connectivity index (χ3n) is 4.10. The van der Waals surface area contributed by atoms with Gasteiger partial charge in [0.15, 0.2) is 5.82 Å². The molecule has 1 amide bonds. The van der Waals surface area contributed by atoms with Gasteiger partial charge in [0, 0.05) is 17.8 Å². The molecule has 0 aliphatic carbocycles. The summed E-state index contributed by atoms with van der Waals surface area (Å²) in [7, 11) is 0. The molecule has 10 heteroatoms. The number of halogens is 1. The predicted molar refractivity (Wildman–Crippen MR) is 102 cm³/mol. The Bertz CT molecular complexity index is 1140. The molecule has 4 aromatic rings. The van der Waals surface area contributed by atoms with Crippen molar-refractivity contribution >= 4 is 11.7 Å². The lowest BCUT2D eigenvalue weighted by molar-refractivity contribution is -0.114. The number of amides is 1. The van der Waals surface area contributed by atoms with E-state index in [9.17, 15) is 9.18 Å². The molecule has 0 aliphatic rings. The molecule has 3 N–H and O–H groups in total. The maximum Gasteiger partial charge on any atom is 0.239 e. The van der Waals surface area contributed by atoms with Crippen LogP contribution < -0.4 is 11.1 Å². The molecule has 0 unspecified atom stereocenters. The van der Waals surface area contributed by atoms with Gasteiger partial charge in [0.25, 0.3) is 0 Å². The summed E-state index contributed by atoms with van der Waals surface area (Å²) in [6, 6.07) is 11.4. The van der Waals surface area contributed by atoms with Crippen molar-refractivity contribution in [1.29, 1.82) is 0 Å². The fraction of sp³-hybridized carbons (Fsp3) is 0.105. The van der Waals surface area contributed by atoms with E-state index in [1.807, 2.05) is 0 Å². The molecular weight excluding hydrogens is 377 g/mol. The van der Waals surface area contributed by atoms with Crippen LogP contribution in [0.4, 0.5) is 10.2 Å². The quantitative estimate of drug-likeness (QED) is 0.514. The topological polar surface area (TPSA) is 125 Å². The van der Waals surface area contributed by atoms with E-state index in [4.69, 9.17) is 10.3 Å². The maximum absolute atomic E-state index is 14.1. The van der Waals surface area contributed by atoms with Crippen LogP contribution in [0, 0.1) is 5.82 Å². The zero-order valence-electron chi connectivity index (χ0n) is 15.1. The van der Waals surface area contributed by atoms with Crippen molar-refractivity contribution in [2.75, 3.05) is 11.9 Å². The number of nitrogens with one attached hydrogen (secondary N) is 1. The van der Waals surface area contributed by atoms with Gasteiger partial charge in [-0.15, -0.1) is 0 Å². The number of nitrogens with two attached hydrogens (primary N) is 1. The number of rotatable bonds is 6. The Morgan fingerprint density at radius 3 is 2.83 bits per heavy atom. The molecule has 0 spiro atoms. The monoisotopic (exact) mass is 393 g/mol. The molecule has 1 aromatic carbocycles. The minimum absolute atomic E-state index is 0.160. The van der Waals surface area contributed by atoms with E-state index >= 15 is 0 Å². The highest BCUT2D eigenvalue weighted by Gasteiger charge is 2.17. The first-order chi connectivity index (χ1) is 14.1. The summed E-state index contributed by atoms with van der Waals surface area (Å²) in [4.78, 5) is 20.0. The normalized spacial score (nSPS) is 10.8. The molecule has 0 aliphatic heterocycles. The zero-order valence-corrected chi connectivity index (χ0v) is 15.1. The van der Waals surface area contributed by atoms with Crippen LogP contribution in [0.5, 0.6) is 0 Å². The van der Waals surface area contributed by atoms with Crippen LogP contribution in [0.1, 0.15) is 5.56 Å². The van der Waals surface area contributed by atoms with Gasteiger partial charge in [0.05, 0.1) is 18.8 Å². The van der Waals surface area contributed by atoms with Crippen LogP contribution in [0.25, 0.3) is 22.9 Å². The van der Waals surface area contributed by atoms with Gasteiger partial charge in [-0.2, -0.15) is 5.10 Å². The van der Waals surface area contributed by atoms with Crippen molar-refractivity contribution in [1.82, 2.24) is 24.9 Å². The first kappa shape index (κ1) is 18.4. The van der Waals surface area contributed by atoms with Crippen LogP contribution in [0.15, 0.2) is 59.4 Å². The van der Waals surface area contributed by atoms with Gasteiger partial charge in [0.2, 0.25) is 5.91 Å². The van der Waals surface area contributed by atoms with E-state index in [0.717, 1.165) is 0 Å². The number of carbonyl (C=O) groups is 1. The number of benzene rings is 1. The largest absolute Gasteiger partial charge is 0.364 e. The van der Waals surface area contributed by atoms with Gasteiger partial charge in [0.1, 0.15) is 29.3 Å². The number of anilines is 1. The van der Waals surface area contributed by atoms with Crippen molar-refractivity contribution in [3.63, 3.8) is 0 Å². The fourth-order valence-electron chi connectivity index (χ4n) is 2.73. The number of aromatic nitrogens is 5. The van der Waals surface area contributed by atoms with E-state index in [1.54, 1.807) is 41.1 Å². The molecule has 9 nitrogen and oxygen atoms in total. The highest BCUT2D eigenvalue weighted by Crippen LogP contribution is 2.25. The third kappa shape index (κ3) is 4.01. The molecule has 0 saturated heterocycles. The summed E-state index contributed by atoms with van der Waals surface area (Å²) < 4.78 is 20.7. The van der Waals surface area contributed by atoms with Crippen molar-refractivity contribution in [3.8, 4) is 22.9 Å². The van der Waals surface area contributed by atoms with Gasteiger partial charge < -0.3 is 15.6 Å². The summed E-state index contributed by atoms with van der Waals surface area (Å²) in [5.74, 6) is -0.115. The SMILES string of the molecule is NCC(=O)Nc1ccnc(-c2cc(-c3ccon3)n(Cc3ccccc3F)n2)n1. The molecule has 0 radical (unpaired) electrons. The third-order valence-corrected chi connectivity index (χ3v) is 4.10. The number of nitrogens with zero attached hydrogens (tertiary/aromatic N) is 5. The Morgan fingerprint density at radius 1 is 1.21 bits per heavy atom. The van der Waals surface area contributed by atoms with Gasteiger partial charge in [-0.25, -0.2) is 14.4 Å². The van der Waals surface area contributed by atoms with Crippen molar-refractivity contribution in [3.05, 3.63) is 66.3 Å². The molecule has 3 heterocycles. The summed E-state index contributed by atoms with van der Waals surface area (Å²) >= 11 is 0. The highest BCUT2D eigenvalue weighted by atomic mass is 19.1. The van der Waals surface area contributed by atoms with Crippen LogP contribution in [-0.2, 0) is 11.3 Å². The summed E-state index contributed by atoms with van der Waals surface area (Å²) in [5.41, 5.74) is 7.36. The number of hydrogen-bond acceptors (Lipinski definition) is 7. The van der Waals surface area contributed by atoms with E-state index < -0.39 is 0 Å². The molecule has 3 aromatic heterocycles. The van der Waals surface area contributed by atoms with Crippen LogP contribution in [0.2, 0.25) is 0 Å². The number of hydrogen-bond donors (Lipinski definition) is 2. The summed E-state index contributed by atoms with van der Waals surface area (Å²) in [6.45, 7) is 0.0192. The first-order valence-corrected chi connectivity index (χ1v) is 8.69. The second kappa shape index (κ2) is 7.98. The van der Waals surface area contributed by atoms with Gasteiger partial charge in [-0.1, -0.05) is 23.4 Å². The minimum atomic E-state index is -0.372. The highest BCUT2D eigenvalue weighted by molar-refractivity contribution is 5.91. The Kier molecular flexibility index (Phi) is 5.08. The van der Waals surface area contributed by atoms with Gasteiger partial charge >= 0.3 is 0 Å². The smallest absolute Gasteiger partial charge is 0.239 e. The zero-order chi connectivity index (χ0) is 20.2. The molecule has 4 rings (SSSR count). The van der Waals surface area contributed by atoms with E-state index in [2.05, 4.69) is 25.5 Å². The molecule has 146 valence electrons. The Labute approximate surface area is 164 Å². The van der Waals surface area contributed by atoms with Crippen LogP contribution in [0.3, 0.4) is 0 Å². The Morgan fingerprint density at radius 2 is 2.07 bits per heavy atom. The second-order valence-corrected chi connectivity index (χ2v) is 6.07. The van der Waals surface area contributed by atoms with E-state index in [1.165, 1.54) is 18.5 Å². The summed E-state index contributed by atoms with van der Waals surface area (Å²) in [6.07, 6.45) is 2.94. The van der Waals surface area contributed by atoms with E-state index in [0.29, 0.717) is 28.5 Å². The molecular formula is C19H16FN7O2. The lowest BCUT2D eigenvalue weighted by Crippen LogP contribution is -2.22. The first-order valence-electron chi connectivity index (χ1n) is 8.69. The average molecular weight is 393 g/mol. The second-order valence-electron chi connectivity index (χ2n) is 6.07. The molecule has 29 heavy (non-hydrogen) atoms. The van der Waals surface area contributed by atoms with Crippen LogP contribution in [-0.4, -0.2) is 37.4 Å². The molecule has 0 fully saturated rings. The maximum atomic E-state index is 14.1. The van der Waals surface area contributed by atoms with Crippen molar-refractivity contribution < 1.29 is 13.7 Å².